The van der Waals surface area contributed by atoms with Crippen molar-refractivity contribution in [3.63, 3.8) is 0 Å². The molecule has 4 rings (SSSR count). The SMILES string of the molecule is Cc1nn(-c2ccc(F)cc2)c2sc(C(=O)OCC(=O)NC3CCCC(C)C3C)cc12. The van der Waals surface area contributed by atoms with Crippen molar-refractivity contribution in [2.45, 2.75) is 46.1 Å². The minimum Gasteiger partial charge on any atom is -0.451 e. The quantitative estimate of drug-likeness (QED) is 0.584. The second-order valence-corrected chi connectivity index (χ2v) is 9.35. The number of thiophene rings is 1. The van der Waals surface area contributed by atoms with Gasteiger partial charge in [0.15, 0.2) is 6.61 Å². The molecular formula is C23H26FN3O3S. The van der Waals surface area contributed by atoms with Gasteiger partial charge in [-0.05, 0) is 55.5 Å². The first-order valence-corrected chi connectivity index (χ1v) is 11.4. The molecule has 1 fully saturated rings. The predicted octanol–water partition coefficient (Wildman–Crippen LogP) is 4.63. The summed E-state index contributed by atoms with van der Waals surface area (Å²) in [5.41, 5.74) is 1.46. The third-order valence-corrected chi connectivity index (χ3v) is 7.30. The minimum absolute atomic E-state index is 0.128. The molecule has 3 aromatic rings. The fourth-order valence-corrected chi connectivity index (χ4v) is 5.22. The number of hydrogen-bond donors (Lipinski definition) is 1. The number of hydrogen-bond acceptors (Lipinski definition) is 5. The van der Waals surface area contributed by atoms with Gasteiger partial charge < -0.3 is 10.1 Å². The maximum absolute atomic E-state index is 13.2. The molecule has 0 spiro atoms. The van der Waals surface area contributed by atoms with Gasteiger partial charge in [-0.3, -0.25) is 4.79 Å². The Morgan fingerprint density at radius 1 is 1.26 bits per heavy atom. The topological polar surface area (TPSA) is 73.2 Å². The zero-order valence-electron chi connectivity index (χ0n) is 17.9. The van der Waals surface area contributed by atoms with Gasteiger partial charge in [0.05, 0.1) is 11.4 Å². The van der Waals surface area contributed by atoms with Crippen LogP contribution in [0.25, 0.3) is 15.9 Å². The molecule has 3 unspecified atom stereocenters. The van der Waals surface area contributed by atoms with Gasteiger partial charge in [0.1, 0.15) is 15.5 Å². The number of nitrogens with one attached hydrogen (secondary N) is 1. The van der Waals surface area contributed by atoms with E-state index in [1.165, 1.54) is 29.9 Å². The maximum atomic E-state index is 13.2. The summed E-state index contributed by atoms with van der Waals surface area (Å²) in [6.45, 7) is 5.92. The summed E-state index contributed by atoms with van der Waals surface area (Å²) >= 11 is 1.24. The number of rotatable bonds is 5. The van der Waals surface area contributed by atoms with Gasteiger partial charge in [0, 0.05) is 11.4 Å². The minimum atomic E-state index is -0.536. The van der Waals surface area contributed by atoms with Crippen LogP contribution in [0.2, 0.25) is 0 Å². The second-order valence-electron chi connectivity index (χ2n) is 8.32. The van der Waals surface area contributed by atoms with Crippen LogP contribution in [0.1, 0.15) is 48.5 Å². The van der Waals surface area contributed by atoms with E-state index in [1.807, 2.05) is 6.92 Å². The molecular weight excluding hydrogens is 417 g/mol. The van der Waals surface area contributed by atoms with Crippen LogP contribution in [0.5, 0.6) is 0 Å². The number of carbonyl (C=O) groups is 2. The molecule has 3 atom stereocenters. The smallest absolute Gasteiger partial charge is 0.348 e. The summed E-state index contributed by atoms with van der Waals surface area (Å²) in [6, 6.07) is 7.87. The summed E-state index contributed by atoms with van der Waals surface area (Å²) < 4.78 is 20.2. The summed E-state index contributed by atoms with van der Waals surface area (Å²) in [4.78, 5) is 26.0. The Kier molecular flexibility index (Phi) is 6.09. The molecule has 1 saturated carbocycles. The molecule has 31 heavy (non-hydrogen) atoms. The van der Waals surface area contributed by atoms with E-state index in [0.29, 0.717) is 22.4 Å². The summed E-state index contributed by atoms with van der Waals surface area (Å²) in [7, 11) is 0. The average molecular weight is 444 g/mol. The highest BCUT2D eigenvalue weighted by Gasteiger charge is 2.28. The first-order chi connectivity index (χ1) is 14.8. The summed E-state index contributed by atoms with van der Waals surface area (Å²) in [5.74, 6) is -0.146. The van der Waals surface area contributed by atoms with E-state index < -0.39 is 5.97 Å². The zero-order chi connectivity index (χ0) is 22.1. The fraction of sp³-hybridized carbons (Fsp3) is 0.435. The predicted molar refractivity (Wildman–Crippen MR) is 118 cm³/mol. The molecule has 1 amide bonds. The molecule has 2 aromatic heterocycles. The molecule has 8 heteroatoms. The van der Waals surface area contributed by atoms with E-state index in [-0.39, 0.29) is 24.4 Å². The van der Waals surface area contributed by atoms with E-state index in [2.05, 4.69) is 24.3 Å². The van der Waals surface area contributed by atoms with Gasteiger partial charge in [-0.15, -0.1) is 11.3 Å². The highest BCUT2D eigenvalue weighted by molar-refractivity contribution is 7.20. The van der Waals surface area contributed by atoms with Crippen molar-refractivity contribution < 1.29 is 18.7 Å². The van der Waals surface area contributed by atoms with Crippen LogP contribution in [0.3, 0.4) is 0 Å². The van der Waals surface area contributed by atoms with E-state index in [4.69, 9.17) is 4.74 Å². The van der Waals surface area contributed by atoms with Crippen LogP contribution in [0.15, 0.2) is 30.3 Å². The Balaban J connectivity index is 1.43. The van der Waals surface area contributed by atoms with Crippen LogP contribution < -0.4 is 5.32 Å². The summed E-state index contributed by atoms with van der Waals surface area (Å²) in [6.07, 6.45) is 3.24. The molecule has 0 saturated heterocycles. The lowest BCUT2D eigenvalue weighted by atomic mass is 9.78. The molecule has 1 aliphatic rings. The van der Waals surface area contributed by atoms with Crippen LogP contribution in [-0.2, 0) is 9.53 Å². The summed E-state index contributed by atoms with van der Waals surface area (Å²) in [5, 5.41) is 8.33. The number of halogens is 1. The molecule has 164 valence electrons. The third kappa shape index (κ3) is 4.49. The number of carbonyl (C=O) groups excluding carboxylic acids is 2. The molecule has 0 aliphatic heterocycles. The van der Waals surface area contributed by atoms with Crippen LogP contribution in [-0.4, -0.2) is 34.3 Å². The Labute approximate surface area is 184 Å². The van der Waals surface area contributed by atoms with Gasteiger partial charge >= 0.3 is 5.97 Å². The Morgan fingerprint density at radius 3 is 2.74 bits per heavy atom. The number of fused-ring (bicyclic) bond motifs is 1. The Bertz CT molecular complexity index is 1110. The van der Waals surface area contributed by atoms with Gasteiger partial charge in [-0.25, -0.2) is 13.9 Å². The molecule has 0 radical (unpaired) electrons. The molecule has 1 aliphatic carbocycles. The first kappa shape index (κ1) is 21.5. The van der Waals surface area contributed by atoms with Gasteiger partial charge in [0.25, 0.3) is 5.91 Å². The monoisotopic (exact) mass is 443 g/mol. The van der Waals surface area contributed by atoms with E-state index in [1.54, 1.807) is 22.9 Å². The lowest BCUT2D eigenvalue weighted by Crippen LogP contribution is -2.45. The van der Waals surface area contributed by atoms with Crippen molar-refractivity contribution in [1.29, 1.82) is 0 Å². The molecule has 0 bridgehead atoms. The van der Waals surface area contributed by atoms with Crippen molar-refractivity contribution in [2.24, 2.45) is 11.8 Å². The highest BCUT2D eigenvalue weighted by Crippen LogP contribution is 2.31. The lowest BCUT2D eigenvalue weighted by molar-refractivity contribution is -0.125. The number of amides is 1. The van der Waals surface area contributed by atoms with Crippen LogP contribution in [0, 0.1) is 24.6 Å². The normalized spacial score (nSPS) is 21.2. The standard InChI is InChI=1S/C23H26FN3O3S/c1-13-5-4-6-19(14(13)2)25-21(28)12-30-23(29)20-11-18-15(3)26-27(22(18)31-20)17-9-7-16(24)8-10-17/h7-11,13-14,19H,4-6,12H2,1-3H3,(H,25,28). The van der Waals surface area contributed by atoms with Crippen LogP contribution in [0.4, 0.5) is 4.39 Å². The van der Waals surface area contributed by atoms with E-state index >= 15 is 0 Å². The fourth-order valence-electron chi connectivity index (χ4n) is 4.14. The molecule has 1 N–H and O–H groups in total. The van der Waals surface area contributed by atoms with Crippen molar-refractivity contribution in [1.82, 2.24) is 15.1 Å². The van der Waals surface area contributed by atoms with Crippen molar-refractivity contribution in [3.05, 3.63) is 46.7 Å². The number of esters is 1. The Morgan fingerprint density at radius 2 is 2.00 bits per heavy atom. The number of nitrogens with zero attached hydrogens (tertiary/aromatic N) is 2. The van der Waals surface area contributed by atoms with E-state index in [0.717, 1.165) is 28.8 Å². The third-order valence-electron chi connectivity index (χ3n) is 6.20. The Hall–Kier alpha value is -2.74. The lowest BCUT2D eigenvalue weighted by Gasteiger charge is -2.34. The number of benzene rings is 1. The van der Waals surface area contributed by atoms with Gasteiger partial charge in [-0.2, -0.15) is 5.10 Å². The highest BCUT2D eigenvalue weighted by atomic mass is 32.1. The average Bonchev–Trinajstić information content (AvgIpc) is 3.31. The van der Waals surface area contributed by atoms with Crippen molar-refractivity contribution in [2.75, 3.05) is 6.61 Å². The van der Waals surface area contributed by atoms with Crippen molar-refractivity contribution in [3.8, 4) is 5.69 Å². The molecule has 6 nitrogen and oxygen atoms in total. The van der Waals surface area contributed by atoms with Crippen molar-refractivity contribution >= 4 is 33.4 Å². The van der Waals surface area contributed by atoms with Gasteiger partial charge in [0.2, 0.25) is 0 Å². The molecule has 1 aromatic carbocycles. The maximum Gasteiger partial charge on any atom is 0.348 e. The zero-order valence-corrected chi connectivity index (χ0v) is 18.7. The second kappa shape index (κ2) is 8.78. The van der Waals surface area contributed by atoms with E-state index in [9.17, 15) is 14.0 Å². The number of ether oxygens (including phenoxy) is 1. The number of aryl methyl sites for hydroxylation is 1. The number of aromatic nitrogens is 2. The van der Waals surface area contributed by atoms with Crippen LogP contribution >= 0.6 is 11.3 Å². The first-order valence-electron chi connectivity index (χ1n) is 10.5. The van der Waals surface area contributed by atoms with Gasteiger partial charge in [-0.1, -0.05) is 26.7 Å². The largest absolute Gasteiger partial charge is 0.451 e. The molecule has 2 heterocycles.